The highest BCUT2D eigenvalue weighted by atomic mass is 35.5. The molecule has 2 heterocycles. The summed E-state index contributed by atoms with van der Waals surface area (Å²) in [5.41, 5.74) is 0.933. The normalized spacial score (nSPS) is 12.1. The Bertz CT molecular complexity index is 907. The standard InChI is InChI=1S/C16H14ClF2N5O3/c1-9(26-16-20-6-11(25-2)7-21-16)13-8-24(23-22-13)10-3-4-12(17)14(5-10)27-15(18)19/h3-9,15H,1-2H3/t9-/m1/s1. The molecule has 0 amide bonds. The van der Waals surface area contributed by atoms with Gasteiger partial charge in [-0.25, -0.2) is 4.68 Å². The van der Waals surface area contributed by atoms with E-state index in [9.17, 15) is 8.78 Å². The summed E-state index contributed by atoms with van der Waals surface area (Å²) < 4.78 is 41.2. The summed E-state index contributed by atoms with van der Waals surface area (Å²) >= 11 is 5.85. The van der Waals surface area contributed by atoms with E-state index in [4.69, 9.17) is 21.1 Å². The number of alkyl halides is 2. The lowest BCUT2D eigenvalue weighted by molar-refractivity contribution is -0.0497. The molecule has 0 spiro atoms. The molecular weight excluding hydrogens is 384 g/mol. The Hall–Kier alpha value is -3.01. The Balaban J connectivity index is 1.75. The maximum atomic E-state index is 12.4. The minimum Gasteiger partial charge on any atom is -0.494 e. The van der Waals surface area contributed by atoms with Gasteiger partial charge in [0.25, 0.3) is 0 Å². The number of hydrogen-bond acceptors (Lipinski definition) is 7. The number of methoxy groups -OCH3 is 1. The Morgan fingerprint density at radius 1 is 1.15 bits per heavy atom. The molecule has 8 nitrogen and oxygen atoms in total. The second-order valence-corrected chi connectivity index (χ2v) is 5.65. The fourth-order valence-electron chi connectivity index (χ4n) is 2.10. The van der Waals surface area contributed by atoms with E-state index in [0.29, 0.717) is 17.1 Å². The highest BCUT2D eigenvalue weighted by molar-refractivity contribution is 6.32. The molecule has 0 saturated carbocycles. The molecule has 0 bridgehead atoms. The fraction of sp³-hybridized carbons (Fsp3) is 0.250. The molecule has 27 heavy (non-hydrogen) atoms. The van der Waals surface area contributed by atoms with Crippen LogP contribution in [0.4, 0.5) is 8.78 Å². The SMILES string of the molecule is COc1cnc(O[C@H](C)c2cn(-c3ccc(Cl)c(OC(F)F)c3)nn2)nc1. The van der Waals surface area contributed by atoms with Crippen LogP contribution in [0.3, 0.4) is 0 Å². The molecule has 3 aromatic rings. The fourth-order valence-corrected chi connectivity index (χ4v) is 2.26. The summed E-state index contributed by atoms with van der Waals surface area (Å²) in [6.45, 7) is -1.24. The zero-order valence-electron chi connectivity index (χ0n) is 14.2. The van der Waals surface area contributed by atoms with E-state index in [-0.39, 0.29) is 16.8 Å². The van der Waals surface area contributed by atoms with Crippen LogP contribution in [0.25, 0.3) is 5.69 Å². The van der Waals surface area contributed by atoms with Crippen molar-refractivity contribution in [1.29, 1.82) is 0 Å². The third-order valence-corrected chi connectivity index (χ3v) is 3.76. The first-order valence-electron chi connectivity index (χ1n) is 7.66. The van der Waals surface area contributed by atoms with Gasteiger partial charge in [0.05, 0.1) is 36.4 Å². The van der Waals surface area contributed by atoms with Crippen molar-refractivity contribution in [2.24, 2.45) is 0 Å². The number of nitrogens with zero attached hydrogens (tertiary/aromatic N) is 5. The van der Waals surface area contributed by atoms with E-state index in [0.717, 1.165) is 0 Å². The van der Waals surface area contributed by atoms with Crippen molar-refractivity contribution >= 4 is 11.6 Å². The van der Waals surface area contributed by atoms with Crippen LogP contribution in [0.2, 0.25) is 5.02 Å². The maximum Gasteiger partial charge on any atom is 0.387 e. The first kappa shape index (κ1) is 18.8. The summed E-state index contributed by atoms with van der Waals surface area (Å²) in [5.74, 6) is 0.350. The molecule has 3 rings (SSSR count). The molecule has 1 aromatic carbocycles. The average Bonchev–Trinajstić information content (AvgIpc) is 3.14. The lowest BCUT2D eigenvalue weighted by atomic mass is 10.3. The molecular formula is C16H14ClF2N5O3. The summed E-state index contributed by atoms with van der Waals surface area (Å²) in [4.78, 5) is 8.03. The molecule has 0 aliphatic heterocycles. The van der Waals surface area contributed by atoms with Gasteiger partial charge < -0.3 is 14.2 Å². The van der Waals surface area contributed by atoms with Crippen molar-refractivity contribution in [2.45, 2.75) is 19.6 Å². The smallest absolute Gasteiger partial charge is 0.387 e. The second-order valence-electron chi connectivity index (χ2n) is 5.25. The van der Waals surface area contributed by atoms with Crippen LogP contribution in [-0.4, -0.2) is 38.7 Å². The number of benzene rings is 1. The van der Waals surface area contributed by atoms with Gasteiger partial charge in [0.2, 0.25) is 0 Å². The summed E-state index contributed by atoms with van der Waals surface area (Å²) in [7, 11) is 1.51. The predicted molar refractivity (Wildman–Crippen MR) is 90.6 cm³/mol. The molecule has 0 fully saturated rings. The van der Waals surface area contributed by atoms with E-state index in [1.165, 1.54) is 36.3 Å². The molecule has 0 radical (unpaired) electrons. The molecule has 11 heteroatoms. The van der Waals surface area contributed by atoms with Crippen molar-refractivity contribution in [3.8, 4) is 23.2 Å². The maximum absolute atomic E-state index is 12.4. The van der Waals surface area contributed by atoms with Crippen LogP contribution in [0.15, 0.2) is 36.8 Å². The van der Waals surface area contributed by atoms with Crippen LogP contribution >= 0.6 is 11.6 Å². The third kappa shape index (κ3) is 4.59. The largest absolute Gasteiger partial charge is 0.494 e. The number of rotatable bonds is 7. The topological polar surface area (TPSA) is 84.2 Å². The van der Waals surface area contributed by atoms with Crippen molar-refractivity contribution in [2.75, 3.05) is 7.11 Å². The van der Waals surface area contributed by atoms with E-state index >= 15 is 0 Å². The molecule has 0 saturated heterocycles. The number of hydrogen-bond donors (Lipinski definition) is 0. The highest BCUT2D eigenvalue weighted by Gasteiger charge is 2.16. The van der Waals surface area contributed by atoms with Gasteiger partial charge in [0.1, 0.15) is 17.5 Å². The zero-order valence-corrected chi connectivity index (χ0v) is 15.0. The molecule has 0 aliphatic rings. The number of ether oxygens (including phenoxy) is 3. The third-order valence-electron chi connectivity index (χ3n) is 3.45. The zero-order chi connectivity index (χ0) is 19.4. The summed E-state index contributed by atoms with van der Waals surface area (Å²) in [6, 6.07) is 4.51. The van der Waals surface area contributed by atoms with Gasteiger partial charge in [-0.1, -0.05) is 16.8 Å². The van der Waals surface area contributed by atoms with Gasteiger partial charge in [0, 0.05) is 6.07 Å². The van der Waals surface area contributed by atoms with Gasteiger partial charge in [-0.05, 0) is 19.1 Å². The molecule has 0 unspecified atom stereocenters. The molecule has 142 valence electrons. The first-order valence-corrected chi connectivity index (χ1v) is 8.03. The molecule has 2 aromatic heterocycles. The average molecular weight is 398 g/mol. The Labute approximate surface area is 157 Å². The van der Waals surface area contributed by atoms with Crippen LogP contribution < -0.4 is 14.2 Å². The van der Waals surface area contributed by atoms with Crippen molar-refractivity contribution in [1.82, 2.24) is 25.0 Å². The van der Waals surface area contributed by atoms with Crippen LogP contribution in [0, 0.1) is 0 Å². The summed E-state index contributed by atoms with van der Waals surface area (Å²) in [6.07, 6.45) is 4.04. The van der Waals surface area contributed by atoms with Gasteiger partial charge >= 0.3 is 12.6 Å². The summed E-state index contributed by atoms with van der Waals surface area (Å²) in [5, 5.41) is 8.05. The first-order chi connectivity index (χ1) is 13.0. The monoisotopic (exact) mass is 397 g/mol. The van der Waals surface area contributed by atoms with Gasteiger partial charge in [-0.2, -0.15) is 18.7 Å². The Morgan fingerprint density at radius 3 is 2.56 bits per heavy atom. The van der Waals surface area contributed by atoms with E-state index in [2.05, 4.69) is 25.0 Å². The predicted octanol–water partition coefficient (Wildman–Crippen LogP) is 3.46. The van der Waals surface area contributed by atoms with E-state index in [1.54, 1.807) is 19.2 Å². The van der Waals surface area contributed by atoms with E-state index in [1.807, 2.05) is 0 Å². The van der Waals surface area contributed by atoms with Crippen molar-refractivity contribution in [3.63, 3.8) is 0 Å². The van der Waals surface area contributed by atoms with E-state index < -0.39 is 12.7 Å². The number of aromatic nitrogens is 5. The second kappa shape index (κ2) is 8.12. The van der Waals surface area contributed by atoms with Crippen LogP contribution in [-0.2, 0) is 0 Å². The Morgan fingerprint density at radius 2 is 1.89 bits per heavy atom. The lowest BCUT2D eigenvalue weighted by Gasteiger charge is -2.10. The minimum absolute atomic E-state index is 0.0627. The highest BCUT2D eigenvalue weighted by Crippen LogP contribution is 2.28. The lowest BCUT2D eigenvalue weighted by Crippen LogP contribution is -2.06. The Kier molecular flexibility index (Phi) is 5.65. The van der Waals surface area contributed by atoms with Crippen LogP contribution in [0.1, 0.15) is 18.7 Å². The minimum atomic E-state index is -2.98. The number of halogens is 3. The van der Waals surface area contributed by atoms with Crippen molar-refractivity contribution < 1.29 is 23.0 Å². The van der Waals surface area contributed by atoms with Gasteiger partial charge in [-0.3, -0.25) is 0 Å². The van der Waals surface area contributed by atoms with Crippen molar-refractivity contribution in [3.05, 3.63) is 47.5 Å². The van der Waals surface area contributed by atoms with Crippen LogP contribution in [0.5, 0.6) is 17.5 Å². The molecule has 0 N–H and O–H groups in total. The molecule has 0 aliphatic carbocycles. The molecule has 1 atom stereocenters. The quantitative estimate of drug-likeness (QED) is 0.603. The van der Waals surface area contributed by atoms with Gasteiger partial charge in [-0.15, -0.1) is 5.10 Å². The van der Waals surface area contributed by atoms with Gasteiger partial charge in [0.15, 0.2) is 5.75 Å².